The maximum Gasteiger partial charge on any atom is 0.123 e. The lowest BCUT2D eigenvalue weighted by Crippen LogP contribution is -2.14. The minimum absolute atomic E-state index is 0.367. The normalized spacial score (nSPS) is 23.1. The van der Waals surface area contributed by atoms with Gasteiger partial charge in [0, 0.05) is 6.04 Å². The van der Waals surface area contributed by atoms with Gasteiger partial charge in [0.2, 0.25) is 0 Å². The summed E-state index contributed by atoms with van der Waals surface area (Å²) in [6.45, 7) is 2.36. The van der Waals surface area contributed by atoms with Gasteiger partial charge in [0.25, 0.3) is 0 Å². The zero-order valence-corrected chi connectivity index (χ0v) is 18.7. The standard InChI is InChI=1S/C22H21N5.C5H9N/c1-2-19(24-11-1)22-25-13-21(27-22)18-9-5-16(6-10-18)15-3-7-17(8-4-15)20-12-23-14-26-20;1-2-6-5-3-4(1)5/h3-10,12-14,19,24H,1-2,11H2,(H,23,26)(H,25,27);4-6H,1-3H2. The Morgan fingerprint density at radius 1 is 0.727 bits per heavy atom. The second-order valence-corrected chi connectivity index (χ2v) is 9.30. The number of piperidine rings is 1. The third kappa shape index (κ3) is 4.49. The van der Waals surface area contributed by atoms with Crippen LogP contribution >= 0.6 is 0 Å². The zero-order valence-electron chi connectivity index (χ0n) is 18.7. The van der Waals surface area contributed by atoms with Crippen LogP contribution in [-0.4, -0.2) is 39.1 Å². The minimum Gasteiger partial charge on any atom is -0.345 e. The third-order valence-corrected chi connectivity index (χ3v) is 7.05. The number of benzene rings is 2. The summed E-state index contributed by atoms with van der Waals surface area (Å²) in [5.41, 5.74) is 6.80. The molecular formula is C27H30N6. The van der Waals surface area contributed by atoms with Crippen molar-refractivity contribution >= 4 is 0 Å². The highest BCUT2D eigenvalue weighted by molar-refractivity contribution is 5.71. The number of nitrogens with one attached hydrogen (secondary N) is 4. The predicted molar refractivity (Wildman–Crippen MR) is 132 cm³/mol. The van der Waals surface area contributed by atoms with Crippen molar-refractivity contribution in [1.29, 1.82) is 0 Å². The maximum atomic E-state index is 4.56. The molecule has 6 nitrogen and oxygen atoms in total. The van der Waals surface area contributed by atoms with Crippen LogP contribution in [0.5, 0.6) is 0 Å². The summed E-state index contributed by atoms with van der Waals surface area (Å²) in [7, 11) is 0. The van der Waals surface area contributed by atoms with Crippen LogP contribution in [0, 0.1) is 5.92 Å². The number of aromatic amines is 2. The van der Waals surface area contributed by atoms with Gasteiger partial charge in [0.05, 0.1) is 36.2 Å². The van der Waals surface area contributed by atoms with E-state index in [9.17, 15) is 0 Å². The molecule has 3 aliphatic rings. The Kier molecular flexibility index (Phi) is 5.54. The fourth-order valence-electron chi connectivity index (χ4n) is 4.95. The van der Waals surface area contributed by atoms with Gasteiger partial charge in [-0.05, 0) is 66.9 Å². The second-order valence-electron chi connectivity index (χ2n) is 9.30. The third-order valence-electron chi connectivity index (χ3n) is 7.05. The number of rotatable bonds is 4. The molecule has 1 aliphatic carbocycles. The number of nitrogens with zero attached hydrogens (tertiary/aromatic N) is 2. The Morgan fingerprint density at radius 3 is 1.97 bits per heavy atom. The van der Waals surface area contributed by atoms with E-state index in [1.807, 2.05) is 12.4 Å². The predicted octanol–water partition coefficient (Wildman–Crippen LogP) is 4.93. The lowest BCUT2D eigenvalue weighted by Gasteiger charge is -2.06. The van der Waals surface area contributed by atoms with Crippen LogP contribution in [0.25, 0.3) is 33.6 Å². The molecule has 4 heterocycles. The molecule has 168 valence electrons. The highest BCUT2D eigenvalue weighted by atomic mass is 15.0. The van der Waals surface area contributed by atoms with Gasteiger partial charge in [-0.2, -0.15) is 0 Å². The molecule has 4 aromatic rings. The summed E-state index contributed by atoms with van der Waals surface area (Å²) < 4.78 is 0. The van der Waals surface area contributed by atoms with Crippen molar-refractivity contribution in [3.8, 4) is 33.6 Å². The summed E-state index contributed by atoms with van der Waals surface area (Å²) in [5.74, 6) is 2.14. The van der Waals surface area contributed by atoms with Crippen LogP contribution in [0.2, 0.25) is 0 Å². The average molecular weight is 439 g/mol. The number of hydrogen-bond donors (Lipinski definition) is 4. The summed E-state index contributed by atoms with van der Waals surface area (Å²) in [6, 6.07) is 18.5. The van der Waals surface area contributed by atoms with E-state index >= 15 is 0 Å². The minimum atomic E-state index is 0.367. The van der Waals surface area contributed by atoms with Gasteiger partial charge in [-0.3, -0.25) is 0 Å². The van der Waals surface area contributed by atoms with E-state index in [1.165, 1.54) is 36.9 Å². The fourth-order valence-corrected chi connectivity index (χ4v) is 4.95. The molecule has 2 aromatic heterocycles. The van der Waals surface area contributed by atoms with Crippen molar-refractivity contribution in [2.75, 3.05) is 13.1 Å². The second kappa shape index (κ2) is 8.96. The number of fused-ring (bicyclic) bond motifs is 1. The average Bonchev–Trinajstić information content (AvgIpc) is 3.51. The van der Waals surface area contributed by atoms with Crippen LogP contribution in [0.4, 0.5) is 0 Å². The van der Waals surface area contributed by atoms with E-state index < -0.39 is 0 Å². The van der Waals surface area contributed by atoms with Crippen LogP contribution in [0.1, 0.15) is 37.5 Å². The largest absolute Gasteiger partial charge is 0.345 e. The molecule has 33 heavy (non-hydrogen) atoms. The van der Waals surface area contributed by atoms with Crippen molar-refractivity contribution in [1.82, 2.24) is 30.6 Å². The van der Waals surface area contributed by atoms with Gasteiger partial charge >= 0.3 is 0 Å². The molecule has 3 atom stereocenters. The van der Waals surface area contributed by atoms with Crippen LogP contribution in [-0.2, 0) is 0 Å². The van der Waals surface area contributed by atoms with Crippen molar-refractivity contribution in [2.45, 2.75) is 37.8 Å². The van der Waals surface area contributed by atoms with E-state index in [2.05, 4.69) is 79.1 Å². The molecule has 0 bridgehead atoms. The van der Waals surface area contributed by atoms with Crippen molar-refractivity contribution in [3.05, 3.63) is 73.1 Å². The Morgan fingerprint density at radius 2 is 1.45 bits per heavy atom. The zero-order chi connectivity index (χ0) is 22.0. The molecule has 0 amide bonds. The molecule has 2 saturated heterocycles. The lowest BCUT2D eigenvalue weighted by atomic mass is 10.0. The fraction of sp³-hybridized carbons (Fsp3) is 0.333. The van der Waals surface area contributed by atoms with Crippen LogP contribution in [0.3, 0.4) is 0 Å². The first-order chi connectivity index (χ1) is 16.3. The number of H-pyrrole nitrogens is 2. The molecule has 2 aromatic carbocycles. The molecule has 1 saturated carbocycles. The number of aromatic nitrogens is 4. The van der Waals surface area contributed by atoms with Gasteiger partial charge in [0.1, 0.15) is 5.82 Å². The maximum absolute atomic E-state index is 4.56. The first kappa shape index (κ1) is 20.4. The topological polar surface area (TPSA) is 81.4 Å². The smallest absolute Gasteiger partial charge is 0.123 e. The summed E-state index contributed by atoms with van der Waals surface area (Å²) in [6.07, 6.45) is 10.8. The van der Waals surface area contributed by atoms with E-state index in [-0.39, 0.29) is 0 Å². The van der Waals surface area contributed by atoms with Crippen molar-refractivity contribution in [2.24, 2.45) is 5.92 Å². The van der Waals surface area contributed by atoms with Gasteiger partial charge in [-0.25, -0.2) is 9.97 Å². The van der Waals surface area contributed by atoms with Crippen LogP contribution < -0.4 is 10.6 Å². The van der Waals surface area contributed by atoms with E-state index in [1.54, 1.807) is 6.33 Å². The van der Waals surface area contributed by atoms with E-state index in [0.717, 1.165) is 53.3 Å². The molecule has 7 rings (SSSR count). The number of imidazole rings is 2. The molecule has 3 fully saturated rings. The molecule has 2 aliphatic heterocycles. The molecule has 0 spiro atoms. The quantitative estimate of drug-likeness (QED) is 0.364. The highest BCUT2D eigenvalue weighted by Gasteiger charge is 2.40. The molecule has 6 heteroatoms. The Hall–Kier alpha value is -3.22. The highest BCUT2D eigenvalue weighted by Crippen LogP contribution is 2.37. The Balaban J connectivity index is 0.000000295. The molecular weight excluding hydrogens is 408 g/mol. The Bertz CT molecular complexity index is 1160. The summed E-state index contributed by atoms with van der Waals surface area (Å²) >= 11 is 0. The first-order valence-corrected chi connectivity index (χ1v) is 12.0. The van der Waals surface area contributed by atoms with Gasteiger partial charge < -0.3 is 20.6 Å². The monoisotopic (exact) mass is 438 g/mol. The van der Waals surface area contributed by atoms with Crippen molar-refractivity contribution in [3.63, 3.8) is 0 Å². The van der Waals surface area contributed by atoms with E-state index in [0.29, 0.717) is 6.04 Å². The SMILES string of the molecule is C1CC2CC2N1.c1ncc(-c2ccc(-c3ccc(-c4cnc(C5CCCN5)[nH]4)cc3)cc2)[nH]1. The molecule has 4 N–H and O–H groups in total. The van der Waals surface area contributed by atoms with Crippen molar-refractivity contribution < 1.29 is 0 Å². The Labute approximate surface area is 194 Å². The number of hydrogen-bond acceptors (Lipinski definition) is 4. The first-order valence-electron chi connectivity index (χ1n) is 12.0. The van der Waals surface area contributed by atoms with E-state index in [4.69, 9.17) is 0 Å². The van der Waals surface area contributed by atoms with Crippen LogP contribution in [0.15, 0.2) is 67.3 Å². The summed E-state index contributed by atoms with van der Waals surface area (Å²) in [5, 5.41) is 6.88. The van der Waals surface area contributed by atoms with Gasteiger partial charge in [-0.15, -0.1) is 0 Å². The summed E-state index contributed by atoms with van der Waals surface area (Å²) in [4.78, 5) is 15.2. The van der Waals surface area contributed by atoms with Gasteiger partial charge in [-0.1, -0.05) is 48.5 Å². The molecule has 0 radical (unpaired) electrons. The van der Waals surface area contributed by atoms with Gasteiger partial charge in [0.15, 0.2) is 0 Å². The lowest BCUT2D eigenvalue weighted by molar-refractivity contribution is 0.613. The molecule has 3 unspecified atom stereocenters.